The number of fused-ring (bicyclic) bond motifs is 3. The quantitative estimate of drug-likeness (QED) is 0.585. The number of benzene rings is 2. The van der Waals surface area contributed by atoms with Crippen LogP contribution in [0.3, 0.4) is 0 Å². The molecule has 0 aliphatic rings. The largest absolute Gasteiger partial charge is 0.465 e. The molecule has 0 fully saturated rings. The number of nitrogens with zero attached hydrogens (tertiary/aromatic N) is 2. The second-order valence-electron chi connectivity index (χ2n) is 5.72. The van der Waals surface area contributed by atoms with E-state index in [1.54, 1.807) is 12.1 Å². The number of hydrogen-bond donors (Lipinski definition) is 1. The molecule has 1 N–H and O–H groups in total. The lowest BCUT2D eigenvalue weighted by molar-refractivity contribution is 0.0600. The van der Waals surface area contributed by atoms with Gasteiger partial charge in [-0.1, -0.05) is 30.3 Å². The molecule has 4 rings (SSSR count). The fourth-order valence-electron chi connectivity index (χ4n) is 3.08. The number of ether oxygens (including phenoxy) is 1. The van der Waals surface area contributed by atoms with E-state index >= 15 is 0 Å². The van der Waals surface area contributed by atoms with Gasteiger partial charge in [-0.3, -0.25) is 4.79 Å². The summed E-state index contributed by atoms with van der Waals surface area (Å²) in [5.41, 5.74) is 2.93. The zero-order chi connectivity index (χ0) is 17.4. The van der Waals surface area contributed by atoms with Crippen LogP contribution in [0.15, 0.2) is 59.7 Å². The molecule has 2 aromatic carbocycles. The molecule has 0 unspecified atom stereocenters. The Kier molecular flexibility index (Phi) is 3.57. The Bertz CT molecular complexity index is 1140. The number of hydrogen-bond acceptors (Lipinski definition) is 4. The summed E-state index contributed by atoms with van der Waals surface area (Å²) >= 11 is 0. The van der Waals surface area contributed by atoms with Crippen molar-refractivity contribution in [2.24, 2.45) is 0 Å². The van der Waals surface area contributed by atoms with Crippen molar-refractivity contribution in [1.82, 2.24) is 14.5 Å². The molecule has 0 atom stereocenters. The number of para-hydroxylation sites is 1. The van der Waals surface area contributed by atoms with E-state index in [9.17, 15) is 9.59 Å². The van der Waals surface area contributed by atoms with Crippen molar-refractivity contribution in [2.45, 2.75) is 6.54 Å². The van der Waals surface area contributed by atoms with Crippen molar-refractivity contribution in [3.8, 4) is 0 Å². The van der Waals surface area contributed by atoms with Crippen LogP contribution in [0.5, 0.6) is 0 Å². The highest BCUT2D eigenvalue weighted by Gasteiger charge is 2.14. The number of esters is 1. The highest BCUT2D eigenvalue weighted by Crippen LogP contribution is 2.25. The Labute approximate surface area is 142 Å². The van der Waals surface area contributed by atoms with Crippen LogP contribution in [0.2, 0.25) is 0 Å². The van der Waals surface area contributed by atoms with Crippen LogP contribution in [0.1, 0.15) is 15.9 Å². The zero-order valence-electron chi connectivity index (χ0n) is 13.5. The fourth-order valence-corrected chi connectivity index (χ4v) is 3.08. The van der Waals surface area contributed by atoms with Gasteiger partial charge in [0.15, 0.2) is 0 Å². The molecule has 25 heavy (non-hydrogen) atoms. The Balaban J connectivity index is 1.85. The molecule has 124 valence electrons. The predicted molar refractivity (Wildman–Crippen MR) is 94.7 cm³/mol. The van der Waals surface area contributed by atoms with Gasteiger partial charge < -0.3 is 14.3 Å². The van der Waals surface area contributed by atoms with Crippen LogP contribution in [0, 0.1) is 0 Å². The molecule has 2 heterocycles. The maximum absolute atomic E-state index is 12.3. The van der Waals surface area contributed by atoms with E-state index in [0.717, 1.165) is 16.5 Å². The van der Waals surface area contributed by atoms with Crippen LogP contribution in [0.25, 0.3) is 21.9 Å². The Morgan fingerprint density at radius 1 is 1.16 bits per heavy atom. The number of carbonyl (C=O) groups excluding carboxylic acids is 1. The number of H-pyrrole nitrogens is 1. The van der Waals surface area contributed by atoms with Crippen molar-refractivity contribution in [3.05, 3.63) is 76.3 Å². The smallest absolute Gasteiger partial charge is 0.337 e. The molecular weight excluding hydrogens is 318 g/mol. The number of nitrogens with one attached hydrogen (secondary N) is 1. The summed E-state index contributed by atoms with van der Waals surface area (Å²) in [6.07, 6.45) is 1.42. The van der Waals surface area contributed by atoms with Gasteiger partial charge >= 0.3 is 5.97 Å². The molecule has 0 amide bonds. The molecule has 4 aromatic rings. The van der Waals surface area contributed by atoms with Gasteiger partial charge in [0, 0.05) is 11.9 Å². The number of carbonyl (C=O) groups is 1. The van der Waals surface area contributed by atoms with Crippen LogP contribution >= 0.6 is 0 Å². The monoisotopic (exact) mass is 333 g/mol. The fraction of sp³-hybridized carbons (Fsp3) is 0.105. The molecule has 6 heteroatoms. The van der Waals surface area contributed by atoms with Crippen LogP contribution < -0.4 is 5.56 Å². The summed E-state index contributed by atoms with van der Waals surface area (Å²) in [4.78, 5) is 30.8. The van der Waals surface area contributed by atoms with E-state index in [0.29, 0.717) is 23.1 Å². The van der Waals surface area contributed by atoms with E-state index in [4.69, 9.17) is 4.74 Å². The predicted octanol–water partition coefficient (Wildman–Crippen LogP) is 2.71. The number of aromatic amines is 1. The third-order valence-electron chi connectivity index (χ3n) is 4.27. The van der Waals surface area contributed by atoms with Crippen molar-refractivity contribution < 1.29 is 9.53 Å². The van der Waals surface area contributed by atoms with Gasteiger partial charge in [0.05, 0.1) is 29.9 Å². The highest BCUT2D eigenvalue weighted by atomic mass is 16.5. The summed E-state index contributed by atoms with van der Waals surface area (Å²) < 4.78 is 6.73. The molecule has 0 saturated heterocycles. The van der Waals surface area contributed by atoms with Crippen molar-refractivity contribution in [2.75, 3.05) is 7.11 Å². The van der Waals surface area contributed by atoms with Crippen LogP contribution in [-0.4, -0.2) is 27.6 Å². The molecule has 2 aromatic heterocycles. The first-order valence-corrected chi connectivity index (χ1v) is 7.81. The first kappa shape index (κ1) is 15.1. The Hall–Kier alpha value is -3.41. The van der Waals surface area contributed by atoms with Gasteiger partial charge in [-0.25, -0.2) is 9.78 Å². The zero-order valence-corrected chi connectivity index (χ0v) is 13.5. The van der Waals surface area contributed by atoms with E-state index in [1.807, 2.05) is 41.0 Å². The SMILES string of the molecule is COC(=O)c1ccc(Cn2c3ccccc3c3c(=O)[nH]cnc32)cc1. The topological polar surface area (TPSA) is 77.0 Å². The molecule has 0 aliphatic carbocycles. The molecule has 0 bridgehead atoms. The van der Waals surface area contributed by atoms with E-state index in [2.05, 4.69) is 9.97 Å². The maximum Gasteiger partial charge on any atom is 0.337 e. The van der Waals surface area contributed by atoms with Gasteiger partial charge in [-0.05, 0) is 23.8 Å². The van der Waals surface area contributed by atoms with Gasteiger partial charge in [0.25, 0.3) is 5.56 Å². The molecule has 0 radical (unpaired) electrons. The van der Waals surface area contributed by atoms with Gasteiger partial charge in [0.2, 0.25) is 0 Å². The standard InChI is InChI=1S/C19H15N3O3/c1-25-19(24)13-8-6-12(7-9-13)10-22-15-5-3-2-4-14(15)16-17(22)20-11-21-18(16)23/h2-9,11H,10H2,1H3,(H,20,21,23). The first-order valence-electron chi connectivity index (χ1n) is 7.81. The second kappa shape index (κ2) is 5.90. The summed E-state index contributed by atoms with van der Waals surface area (Å²) in [5.74, 6) is -0.364. The lowest BCUT2D eigenvalue weighted by Gasteiger charge is -2.07. The second-order valence-corrected chi connectivity index (χ2v) is 5.72. The first-order chi connectivity index (χ1) is 12.2. The average Bonchev–Trinajstić information content (AvgIpc) is 2.97. The number of rotatable bonds is 3. The third kappa shape index (κ3) is 2.48. The average molecular weight is 333 g/mol. The van der Waals surface area contributed by atoms with Crippen LogP contribution in [-0.2, 0) is 11.3 Å². The maximum atomic E-state index is 12.3. The van der Waals surface area contributed by atoms with Crippen molar-refractivity contribution in [3.63, 3.8) is 0 Å². The molecule has 0 saturated carbocycles. The molecular formula is C19H15N3O3. The number of methoxy groups -OCH3 is 1. The summed E-state index contributed by atoms with van der Waals surface area (Å²) in [6.45, 7) is 0.544. The lowest BCUT2D eigenvalue weighted by Crippen LogP contribution is -2.07. The van der Waals surface area contributed by atoms with Crippen LogP contribution in [0.4, 0.5) is 0 Å². The van der Waals surface area contributed by atoms with Crippen molar-refractivity contribution >= 4 is 27.9 Å². The summed E-state index contributed by atoms with van der Waals surface area (Å²) in [6, 6.07) is 14.9. The summed E-state index contributed by atoms with van der Waals surface area (Å²) in [5, 5.41) is 1.46. The van der Waals surface area contributed by atoms with Gasteiger partial charge in [0.1, 0.15) is 5.65 Å². The third-order valence-corrected chi connectivity index (χ3v) is 4.27. The lowest BCUT2D eigenvalue weighted by atomic mass is 10.1. The van der Waals surface area contributed by atoms with E-state index < -0.39 is 0 Å². The molecule has 6 nitrogen and oxygen atoms in total. The Morgan fingerprint density at radius 2 is 1.92 bits per heavy atom. The van der Waals surface area contributed by atoms with E-state index in [-0.39, 0.29) is 11.5 Å². The minimum absolute atomic E-state index is 0.152. The normalized spacial score (nSPS) is 11.1. The minimum Gasteiger partial charge on any atom is -0.465 e. The highest BCUT2D eigenvalue weighted by molar-refractivity contribution is 6.06. The van der Waals surface area contributed by atoms with Crippen molar-refractivity contribution in [1.29, 1.82) is 0 Å². The molecule has 0 aliphatic heterocycles. The Morgan fingerprint density at radius 3 is 2.68 bits per heavy atom. The van der Waals surface area contributed by atoms with Gasteiger partial charge in [-0.2, -0.15) is 0 Å². The van der Waals surface area contributed by atoms with Gasteiger partial charge in [-0.15, -0.1) is 0 Å². The van der Waals surface area contributed by atoms with E-state index in [1.165, 1.54) is 13.4 Å². The minimum atomic E-state index is -0.364. The summed E-state index contributed by atoms with van der Waals surface area (Å²) in [7, 11) is 1.36. The number of aromatic nitrogens is 3. The molecule has 0 spiro atoms.